The molecule has 0 atom stereocenters. The van der Waals surface area contributed by atoms with Crippen molar-refractivity contribution in [2.75, 3.05) is 39.3 Å². The molecule has 3 heterocycles. The van der Waals surface area contributed by atoms with Crippen LogP contribution >= 0.6 is 0 Å². The molecule has 5 rings (SSSR count). The fourth-order valence-electron chi connectivity index (χ4n) is 7.96. The van der Waals surface area contributed by atoms with Crippen LogP contribution in [0.5, 0.6) is 0 Å². The van der Waals surface area contributed by atoms with Gasteiger partial charge in [0, 0.05) is 26.2 Å². The van der Waals surface area contributed by atoms with Gasteiger partial charge in [-0.15, -0.1) is 0 Å². The van der Waals surface area contributed by atoms with Crippen LogP contribution in [0.3, 0.4) is 0 Å². The van der Waals surface area contributed by atoms with E-state index in [0.717, 1.165) is 62.7 Å². The van der Waals surface area contributed by atoms with Crippen molar-refractivity contribution < 1.29 is 19.1 Å². The van der Waals surface area contributed by atoms with Crippen molar-refractivity contribution in [1.82, 2.24) is 15.1 Å². The number of carbonyl (C=O) groups is 2. The van der Waals surface area contributed by atoms with Gasteiger partial charge in [0.05, 0.1) is 0 Å². The molecule has 0 aromatic heterocycles. The zero-order valence-electron chi connectivity index (χ0n) is 41.6. The van der Waals surface area contributed by atoms with Crippen LogP contribution in [-0.4, -0.2) is 72.5 Å². The molecule has 0 aromatic carbocycles. The molecule has 0 radical (unpaired) electrons. The van der Waals surface area contributed by atoms with Crippen LogP contribution in [0.4, 0.5) is 9.59 Å². The van der Waals surface area contributed by atoms with Gasteiger partial charge in [0.2, 0.25) is 0 Å². The second-order valence-electron chi connectivity index (χ2n) is 23.2. The van der Waals surface area contributed by atoms with E-state index in [1.165, 1.54) is 70.9 Å². The predicted octanol–water partition coefficient (Wildman–Crippen LogP) is 13.9. The summed E-state index contributed by atoms with van der Waals surface area (Å²) in [7, 11) is 0. The maximum Gasteiger partial charge on any atom is 0.410 e. The Morgan fingerprint density at radius 2 is 0.877 bits per heavy atom. The number of hydrogen-bond donors (Lipinski definition) is 1. The number of hydrogen-bond acceptors (Lipinski definition) is 5. The third-order valence-corrected chi connectivity index (χ3v) is 14.8. The van der Waals surface area contributed by atoms with Crippen molar-refractivity contribution in [3.63, 3.8) is 0 Å². The first-order valence-corrected chi connectivity index (χ1v) is 23.7. The first kappa shape index (κ1) is 53.5. The number of ether oxygens (including phenoxy) is 2. The normalized spacial score (nSPS) is 21.8. The lowest BCUT2D eigenvalue weighted by atomic mass is 9.72. The Morgan fingerprint density at radius 1 is 0.526 bits per heavy atom. The van der Waals surface area contributed by atoms with Gasteiger partial charge >= 0.3 is 12.2 Å². The Kier molecular flexibility index (Phi) is 22.1. The number of nitrogens with one attached hydrogen (secondary N) is 1. The van der Waals surface area contributed by atoms with Crippen molar-refractivity contribution in [3.05, 3.63) is 0 Å². The minimum atomic E-state index is -0.393. The molecule has 0 unspecified atom stereocenters. The van der Waals surface area contributed by atoms with Gasteiger partial charge in [0.15, 0.2) is 0 Å². The Balaban J connectivity index is 0.000000368. The molecule has 7 nitrogen and oxygen atoms in total. The second-order valence-corrected chi connectivity index (χ2v) is 23.2. The van der Waals surface area contributed by atoms with E-state index in [9.17, 15) is 9.59 Å². The summed E-state index contributed by atoms with van der Waals surface area (Å²) in [6.07, 6.45) is 14.9. The van der Waals surface area contributed by atoms with Crippen LogP contribution in [-0.2, 0) is 9.47 Å². The third kappa shape index (κ3) is 19.6. The minimum absolute atomic E-state index is 0.164. The first-order valence-electron chi connectivity index (χ1n) is 23.7. The van der Waals surface area contributed by atoms with E-state index in [1.807, 2.05) is 46.4 Å². The first-order chi connectivity index (χ1) is 26.0. The molecule has 2 aliphatic carbocycles. The van der Waals surface area contributed by atoms with E-state index in [4.69, 9.17) is 9.47 Å². The van der Waals surface area contributed by atoms with Crippen LogP contribution in [0.2, 0.25) is 0 Å². The molecule has 1 N–H and O–H groups in total. The van der Waals surface area contributed by atoms with Gasteiger partial charge in [-0.2, -0.15) is 0 Å². The van der Waals surface area contributed by atoms with Gasteiger partial charge in [0.25, 0.3) is 0 Å². The van der Waals surface area contributed by atoms with Gasteiger partial charge < -0.3 is 24.6 Å². The fraction of sp³-hybridized carbons (Fsp3) is 0.960. The topological polar surface area (TPSA) is 71.1 Å². The minimum Gasteiger partial charge on any atom is -0.444 e. The summed E-state index contributed by atoms with van der Waals surface area (Å²) in [5, 5.41) is 3.39. The predicted molar refractivity (Wildman–Crippen MR) is 245 cm³/mol. The third-order valence-electron chi connectivity index (χ3n) is 14.8. The molecule has 0 aromatic rings. The second kappa shape index (κ2) is 23.5. The zero-order valence-corrected chi connectivity index (χ0v) is 41.6. The molecule has 2 amide bonds. The van der Waals surface area contributed by atoms with E-state index in [0.29, 0.717) is 34.0 Å². The summed E-state index contributed by atoms with van der Waals surface area (Å²) in [6.45, 7) is 47.3. The molecule has 5 aliphatic rings. The lowest BCUT2D eigenvalue weighted by molar-refractivity contribution is -0.00799. The molecule has 0 bridgehead atoms. The summed E-state index contributed by atoms with van der Waals surface area (Å²) in [5.74, 6) is 5.75. The van der Waals surface area contributed by atoms with E-state index in [2.05, 4.69) is 95.3 Å². The molecule has 0 spiro atoms. The summed E-state index contributed by atoms with van der Waals surface area (Å²) in [4.78, 5) is 27.0. The highest BCUT2D eigenvalue weighted by atomic mass is 16.6. The maximum atomic E-state index is 11.9. The van der Waals surface area contributed by atoms with Gasteiger partial charge in [-0.25, -0.2) is 9.59 Å². The van der Waals surface area contributed by atoms with Crippen LogP contribution in [0.15, 0.2) is 0 Å². The smallest absolute Gasteiger partial charge is 0.410 e. The van der Waals surface area contributed by atoms with Crippen LogP contribution < -0.4 is 5.32 Å². The molecule has 7 heteroatoms. The number of likely N-dealkylation sites (tertiary alicyclic amines) is 2. The Morgan fingerprint density at radius 3 is 1.14 bits per heavy atom. The average Bonchev–Trinajstić information content (AvgIpc) is 3.47. The van der Waals surface area contributed by atoms with E-state index in [-0.39, 0.29) is 17.8 Å². The van der Waals surface area contributed by atoms with Gasteiger partial charge in [-0.05, 0) is 151 Å². The number of piperidine rings is 2. The molecular weight excluding hydrogens is 707 g/mol. The van der Waals surface area contributed by atoms with Crippen molar-refractivity contribution in [1.29, 1.82) is 0 Å². The molecule has 3 saturated heterocycles. The quantitative estimate of drug-likeness (QED) is 0.300. The van der Waals surface area contributed by atoms with Crippen LogP contribution in [0, 0.1) is 57.7 Å². The largest absolute Gasteiger partial charge is 0.444 e. The van der Waals surface area contributed by atoms with Crippen molar-refractivity contribution in [3.8, 4) is 0 Å². The van der Waals surface area contributed by atoms with E-state index in [1.54, 1.807) is 4.90 Å². The number of amides is 2. The standard InChI is InChI=1S/C14H27NO2.C11H21NO2.C9H19N.C9H18.C7H14/c1-11(2)14(6)7-9-15(10-8-14)12(16)17-13(3,4)5;1-8(2)9-6-12(7-9)10(13)14-11(3,4)5;1-8(2)9(3)4-6-10-7-5-9;1-8(2)9(3)6-4-5-7-9;1-6(2)7-4-3-5-7/h11H,7-10H2,1-6H3;8-9H,6-7H2,1-5H3;8,10H,4-7H2,1-3H3;8H,4-7H2,1-3H3;6-7H,3-5H2,1-2H3. The van der Waals surface area contributed by atoms with Gasteiger partial charge in [-0.1, -0.05) is 122 Å². The SMILES string of the molecule is CC(C)C1(C)CCCC1.CC(C)C1(C)CCN(C(=O)OC(C)(C)C)CC1.CC(C)C1(C)CCNCC1.CC(C)C1CCC1.CC(C)C1CN(C(=O)OC(C)(C)C)C1. The zero-order chi connectivity index (χ0) is 44.0. The Bertz CT molecular complexity index is 1120. The highest BCUT2D eigenvalue weighted by Crippen LogP contribution is 2.43. The number of carbonyl (C=O) groups excluding carboxylic acids is 2. The fourth-order valence-corrected chi connectivity index (χ4v) is 7.96. The Labute approximate surface area is 355 Å². The summed E-state index contributed by atoms with van der Waals surface area (Å²) >= 11 is 0. The molecule has 338 valence electrons. The molecular formula is C50H99N3O4. The molecule has 3 aliphatic heterocycles. The van der Waals surface area contributed by atoms with Gasteiger partial charge in [0.1, 0.15) is 11.2 Å². The lowest BCUT2D eigenvalue weighted by Gasteiger charge is -2.42. The van der Waals surface area contributed by atoms with Crippen molar-refractivity contribution in [2.24, 2.45) is 57.7 Å². The van der Waals surface area contributed by atoms with Crippen LogP contribution in [0.25, 0.3) is 0 Å². The van der Waals surface area contributed by atoms with Crippen LogP contribution in [0.1, 0.15) is 202 Å². The molecule has 2 saturated carbocycles. The lowest BCUT2D eigenvalue weighted by Crippen LogP contribution is -2.53. The molecule has 57 heavy (non-hydrogen) atoms. The van der Waals surface area contributed by atoms with Gasteiger partial charge in [-0.3, -0.25) is 0 Å². The summed E-state index contributed by atoms with van der Waals surface area (Å²) in [5.41, 5.74) is 0.916. The summed E-state index contributed by atoms with van der Waals surface area (Å²) in [6, 6.07) is 0. The van der Waals surface area contributed by atoms with E-state index < -0.39 is 5.60 Å². The maximum absolute atomic E-state index is 11.9. The highest BCUT2D eigenvalue weighted by Gasteiger charge is 2.37. The molecule has 5 fully saturated rings. The van der Waals surface area contributed by atoms with Crippen molar-refractivity contribution >= 4 is 12.2 Å². The van der Waals surface area contributed by atoms with E-state index >= 15 is 0 Å². The average molecular weight is 806 g/mol. The summed E-state index contributed by atoms with van der Waals surface area (Å²) < 4.78 is 10.6. The highest BCUT2D eigenvalue weighted by molar-refractivity contribution is 5.69. The number of nitrogens with zero attached hydrogens (tertiary/aromatic N) is 2. The monoisotopic (exact) mass is 806 g/mol. The Hall–Kier alpha value is -1.50. The number of rotatable bonds is 5. The van der Waals surface area contributed by atoms with Crippen molar-refractivity contribution in [2.45, 2.75) is 213 Å².